The number of hydrogen-bond acceptors (Lipinski definition) is 4. The minimum atomic E-state index is -3.17. The van der Waals surface area contributed by atoms with Crippen molar-refractivity contribution in [3.63, 3.8) is 0 Å². The molecule has 1 aliphatic heterocycles. The molecule has 6 heteroatoms. The Kier molecular flexibility index (Phi) is 1.80. The van der Waals surface area contributed by atoms with Gasteiger partial charge in [0.2, 0.25) is 16.0 Å². The summed E-state index contributed by atoms with van der Waals surface area (Å²) < 4.78 is 23.3. The Morgan fingerprint density at radius 1 is 1.80 bits per heavy atom. The average molecular weight is 162 g/mol. The Labute approximate surface area is 59.6 Å². The molecule has 10 heavy (non-hydrogen) atoms. The molecular weight excluding hydrogens is 154 g/mol. The quantitative estimate of drug-likeness (QED) is 0.501. The second-order valence-corrected chi connectivity index (χ2v) is 3.66. The molecule has 0 amide bonds. The van der Waals surface area contributed by atoms with E-state index in [1.54, 1.807) is 6.54 Å². The molecule has 0 bridgehead atoms. The summed E-state index contributed by atoms with van der Waals surface area (Å²) in [7, 11) is -3.17. The minimum absolute atomic E-state index is 0.294. The average Bonchev–Trinajstić information content (AvgIpc) is 2.12. The molecule has 1 aliphatic rings. The molecular formula is C4H8N3O2S. The van der Waals surface area contributed by atoms with E-state index in [9.17, 15) is 8.42 Å². The van der Waals surface area contributed by atoms with Gasteiger partial charge in [-0.1, -0.05) is 0 Å². The maximum atomic E-state index is 10.5. The van der Waals surface area contributed by atoms with E-state index in [1.807, 2.05) is 0 Å². The van der Waals surface area contributed by atoms with Gasteiger partial charge in [0.05, 0.1) is 19.3 Å². The molecule has 0 atom stereocenters. The molecule has 5 nitrogen and oxygen atoms in total. The molecule has 0 saturated heterocycles. The highest BCUT2D eigenvalue weighted by Gasteiger charge is 2.08. The first-order valence-corrected chi connectivity index (χ1v) is 4.57. The van der Waals surface area contributed by atoms with Crippen LogP contribution in [0.1, 0.15) is 0 Å². The maximum Gasteiger partial charge on any atom is 0.232 e. The van der Waals surface area contributed by atoms with Gasteiger partial charge in [-0.3, -0.25) is 9.71 Å². The highest BCUT2D eigenvalue weighted by atomic mass is 32.2. The van der Waals surface area contributed by atoms with Gasteiger partial charge >= 0.3 is 0 Å². The normalized spacial score (nSPS) is 17.9. The van der Waals surface area contributed by atoms with Crippen LogP contribution in [-0.2, 0) is 10.0 Å². The highest BCUT2D eigenvalue weighted by molar-refractivity contribution is 7.89. The molecule has 0 unspecified atom stereocenters. The van der Waals surface area contributed by atoms with Crippen LogP contribution in [0.25, 0.3) is 0 Å². The number of aliphatic imine (C=N–C) groups is 1. The second kappa shape index (κ2) is 2.45. The number of sulfonamides is 1. The van der Waals surface area contributed by atoms with Crippen LogP contribution in [0.2, 0.25) is 0 Å². The summed E-state index contributed by atoms with van der Waals surface area (Å²) in [5.41, 5.74) is 0. The smallest absolute Gasteiger partial charge is 0.232 e. The molecule has 1 radical (unpaired) electrons. The molecule has 1 heterocycles. The van der Waals surface area contributed by atoms with E-state index in [0.717, 1.165) is 6.26 Å². The number of hydrogen-bond donors (Lipinski definition) is 2. The molecule has 0 saturated carbocycles. The minimum Gasteiger partial charge on any atom is -0.349 e. The van der Waals surface area contributed by atoms with Gasteiger partial charge in [-0.05, 0) is 0 Å². The van der Waals surface area contributed by atoms with Gasteiger partial charge in [0.1, 0.15) is 0 Å². The monoisotopic (exact) mass is 162 g/mol. The van der Waals surface area contributed by atoms with Crippen molar-refractivity contribution in [1.29, 1.82) is 0 Å². The lowest BCUT2D eigenvalue weighted by molar-refractivity contribution is 0.598. The van der Waals surface area contributed by atoms with Crippen molar-refractivity contribution in [3.05, 3.63) is 6.54 Å². The first-order chi connectivity index (χ1) is 4.58. The van der Waals surface area contributed by atoms with E-state index in [2.05, 4.69) is 15.0 Å². The van der Waals surface area contributed by atoms with Gasteiger partial charge in [-0.15, -0.1) is 0 Å². The van der Waals surface area contributed by atoms with E-state index in [1.165, 1.54) is 0 Å². The summed E-state index contributed by atoms with van der Waals surface area (Å²) in [5.74, 6) is 0.294. The molecule has 0 aromatic rings. The van der Waals surface area contributed by atoms with Gasteiger partial charge < -0.3 is 5.32 Å². The van der Waals surface area contributed by atoms with Gasteiger partial charge in [0.15, 0.2) is 0 Å². The lowest BCUT2D eigenvalue weighted by Crippen LogP contribution is -2.36. The molecule has 0 aromatic carbocycles. The fraction of sp³-hybridized carbons (Fsp3) is 0.500. The van der Waals surface area contributed by atoms with Crippen LogP contribution in [0.4, 0.5) is 0 Å². The summed E-state index contributed by atoms with van der Waals surface area (Å²) in [6.07, 6.45) is 1.08. The van der Waals surface area contributed by atoms with Crippen molar-refractivity contribution in [2.24, 2.45) is 4.99 Å². The van der Waals surface area contributed by atoms with Crippen LogP contribution in [0.3, 0.4) is 0 Å². The zero-order valence-corrected chi connectivity index (χ0v) is 6.27. The Bertz CT molecular complexity index is 243. The molecule has 2 N–H and O–H groups in total. The lowest BCUT2D eigenvalue weighted by atomic mass is 10.7. The maximum absolute atomic E-state index is 10.5. The SMILES string of the molecule is CS(=O)(=O)NC1=NC[CH]N1. The van der Waals surface area contributed by atoms with Gasteiger partial charge in [-0.2, -0.15) is 0 Å². The van der Waals surface area contributed by atoms with Crippen molar-refractivity contribution < 1.29 is 8.42 Å². The van der Waals surface area contributed by atoms with Crippen molar-refractivity contribution in [1.82, 2.24) is 10.0 Å². The fourth-order valence-corrected chi connectivity index (χ4v) is 1.04. The Morgan fingerprint density at radius 2 is 2.50 bits per heavy atom. The third-order valence-electron chi connectivity index (χ3n) is 0.862. The van der Waals surface area contributed by atoms with E-state index < -0.39 is 10.0 Å². The number of guanidine groups is 1. The topological polar surface area (TPSA) is 70.6 Å². The number of nitrogens with zero attached hydrogens (tertiary/aromatic N) is 1. The predicted octanol–water partition coefficient (Wildman–Crippen LogP) is -1.34. The van der Waals surface area contributed by atoms with Crippen LogP contribution in [0.5, 0.6) is 0 Å². The summed E-state index contributed by atoms with van der Waals surface area (Å²) in [5, 5.41) is 2.65. The van der Waals surface area contributed by atoms with Crippen molar-refractivity contribution in [2.45, 2.75) is 0 Å². The number of rotatable bonds is 1. The summed E-state index contributed by atoms with van der Waals surface area (Å²) in [6.45, 7) is 2.17. The zero-order chi connectivity index (χ0) is 7.61. The standard InChI is InChI=1S/C4H8N3O2S/c1-10(8,9)7-4-5-2-3-6-4/h2H,3H2,1H3,(H2,5,6,7). The fourth-order valence-electron chi connectivity index (χ4n) is 0.562. The van der Waals surface area contributed by atoms with Crippen molar-refractivity contribution >= 4 is 16.0 Å². The van der Waals surface area contributed by atoms with Crippen LogP contribution in [-0.4, -0.2) is 27.2 Å². The van der Waals surface area contributed by atoms with Crippen LogP contribution in [0, 0.1) is 6.54 Å². The first kappa shape index (κ1) is 7.33. The Balaban J connectivity index is 2.54. The van der Waals surface area contributed by atoms with Gasteiger partial charge in [-0.25, -0.2) is 8.42 Å². The van der Waals surface area contributed by atoms with Crippen LogP contribution >= 0.6 is 0 Å². The first-order valence-electron chi connectivity index (χ1n) is 2.68. The van der Waals surface area contributed by atoms with E-state index in [-0.39, 0.29) is 0 Å². The molecule has 1 rings (SSSR count). The third kappa shape index (κ3) is 2.22. The summed E-state index contributed by atoms with van der Waals surface area (Å²) in [4.78, 5) is 3.78. The molecule has 0 aliphatic carbocycles. The summed E-state index contributed by atoms with van der Waals surface area (Å²) in [6, 6.07) is 0. The third-order valence-corrected chi connectivity index (χ3v) is 1.43. The molecule has 57 valence electrons. The number of nitrogens with one attached hydrogen (secondary N) is 2. The van der Waals surface area contributed by atoms with Crippen LogP contribution < -0.4 is 10.0 Å². The zero-order valence-electron chi connectivity index (χ0n) is 5.46. The van der Waals surface area contributed by atoms with Crippen molar-refractivity contribution in [2.75, 3.05) is 12.8 Å². The molecule has 0 fully saturated rings. The van der Waals surface area contributed by atoms with E-state index in [4.69, 9.17) is 0 Å². The predicted molar refractivity (Wildman–Crippen MR) is 37.7 cm³/mol. The lowest BCUT2D eigenvalue weighted by Gasteiger charge is -2.01. The highest BCUT2D eigenvalue weighted by Crippen LogP contribution is 1.86. The van der Waals surface area contributed by atoms with E-state index >= 15 is 0 Å². The Hall–Kier alpha value is -0.780. The molecule has 0 spiro atoms. The van der Waals surface area contributed by atoms with Crippen LogP contribution in [0.15, 0.2) is 4.99 Å². The Morgan fingerprint density at radius 3 is 2.90 bits per heavy atom. The molecule has 0 aromatic heterocycles. The second-order valence-electron chi connectivity index (χ2n) is 1.91. The van der Waals surface area contributed by atoms with Crippen molar-refractivity contribution in [3.8, 4) is 0 Å². The van der Waals surface area contributed by atoms with E-state index in [0.29, 0.717) is 12.5 Å². The van der Waals surface area contributed by atoms with Gasteiger partial charge in [0.25, 0.3) is 0 Å². The largest absolute Gasteiger partial charge is 0.349 e. The van der Waals surface area contributed by atoms with Gasteiger partial charge in [0, 0.05) is 0 Å². The summed E-state index contributed by atoms with van der Waals surface area (Å²) >= 11 is 0.